The van der Waals surface area contributed by atoms with Crippen molar-refractivity contribution >= 4 is 0 Å². The van der Waals surface area contributed by atoms with Crippen LogP contribution in [-0.4, -0.2) is 21.6 Å². The van der Waals surface area contributed by atoms with Crippen molar-refractivity contribution < 1.29 is 9.13 Å². The molecule has 2 heterocycles. The Morgan fingerprint density at radius 3 is 2.95 bits per heavy atom. The maximum atomic E-state index is 13.9. The first-order chi connectivity index (χ1) is 9.31. The highest BCUT2D eigenvalue weighted by molar-refractivity contribution is 5.35. The summed E-state index contributed by atoms with van der Waals surface area (Å²) in [4.78, 5) is 0. The van der Waals surface area contributed by atoms with Gasteiger partial charge in [0.1, 0.15) is 23.3 Å². The lowest BCUT2D eigenvalue weighted by Crippen LogP contribution is -2.11. The Morgan fingerprint density at radius 2 is 2.26 bits per heavy atom. The molecule has 5 nitrogen and oxygen atoms in total. The number of hydrogen-bond donors (Lipinski definition) is 1. The van der Waals surface area contributed by atoms with Crippen LogP contribution in [0.5, 0.6) is 0 Å². The summed E-state index contributed by atoms with van der Waals surface area (Å²) in [6.45, 7) is 0.973. The zero-order valence-electron chi connectivity index (χ0n) is 10.4. The minimum Gasteiger partial charge on any atom is -0.372 e. The van der Waals surface area contributed by atoms with Gasteiger partial charge in [-0.1, -0.05) is 17.3 Å². The van der Waals surface area contributed by atoms with Gasteiger partial charge in [0.05, 0.1) is 5.69 Å². The number of rotatable bonds is 3. The van der Waals surface area contributed by atoms with E-state index in [1.165, 1.54) is 10.7 Å². The molecule has 1 aliphatic rings. The highest BCUT2D eigenvalue weighted by atomic mass is 19.1. The zero-order chi connectivity index (χ0) is 13.2. The average molecular weight is 262 g/mol. The molecule has 1 fully saturated rings. The molecule has 1 aromatic heterocycles. The molecule has 0 radical (unpaired) electrons. The lowest BCUT2D eigenvalue weighted by Gasteiger charge is -2.13. The van der Waals surface area contributed by atoms with E-state index in [9.17, 15) is 4.39 Å². The highest BCUT2D eigenvalue weighted by Gasteiger charge is 2.27. The van der Waals surface area contributed by atoms with Gasteiger partial charge in [-0.05, 0) is 25.0 Å². The Labute approximate surface area is 110 Å². The highest BCUT2D eigenvalue weighted by Crippen LogP contribution is 2.31. The molecular weight excluding hydrogens is 247 g/mol. The lowest BCUT2D eigenvalue weighted by atomic mass is 10.1. The van der Waals surface area contributed by atoms with Gasteiger partial charge in [0.15, 0.2) is 0 Å². The first-order valence-electron chi connectivity index (χ1n) is 6.32. The number of halogens is 1. The fourth-order valence-electron chi connectivity index (χ4n) is 2.38. The molecule has 2 aromatic rings. The summed E-state index contributed by atoms with van der Waals surface area (Å²) in [6, 6.07) is 6.48. The third-order valence-corrected chi connectivity index (χ3v) is 3.29. The van der Waals surface area contributed by atoms with E-state index in [0.29, 0.717) is 18.0 Å². The van der Waals surface area contributed by atoms with Crippen LogP contribution in [0.4, 0.5) is 4.39 Å². The number of aromatic nitrogens is 3. The summed E-state index contributed by atoms with van der Waals surface area (Å²) >= 11 is 0. The van der Waals surface area contributed by atoms with Gasteiger partial charge in [-0.3, -0.25) is 0 Å². The third-order valence-electron chi connectivity index (χ3n) is 3.29. The van der Waals surface area contributed by atoms with E-state index in [4.69, 9.17) is 10.5 Å². The number of hydrogen-bond acceptors (Lipinski definition) is 4. The first-order valence-corrected chi connectivity index (χ1v) is 6.32. The first kappa shape index (κ1) is 12.3. The van der Waals surface area contributed by atoms with Crippen molar-refractivity contribution in [1.29, 1.82) is 0 Å². The lowest BCUT2D eigenvalue weighted by molar-refractivity contribution is 0.106. The summed E-state index contributed by atoms with van der Waals surface area (Å²) < 4.78 is 21.1. The van der Waals surface area contributed by atoms with Gasteiger partial charge in [-0.15, -0.1) is 5.10 Å². The molecule has 19 heavy (non-hydrogen) atoms. The molecule has 6 heteroatoms. The molecule has 100 valence electrons. The van der Waals surface area contributed by atoms with Crippen LogP contribution in [0.25, 0.3) is 5.69 Å². The third kappa shape index (κ3) is 2.13. The fraction of sp³-hybridized carbons (Fsp3) is 0.385. The van der Waals surface area contributed by atoms with Crippen LogP contribution in [0, 0.1) is 5.82 Å². The summed E-state index contributed by atoms with van der Waals surface area (Å²) in [5.41, 5.74) is 7.49. The standard InChI is InChI=1S/C13H15FN4O/c14-9-4-1-2-5-11(9)18-13(10(8-15)16-17-18)12-6-3-7-19-12/h1-2,4-5,12H,3,6-8,15H2. The monoisotopic (exact) mass is 262 g/mol. The van der Waals surface area contributed by atoms with E-state index in [-0.39, 0.29) is 18.5 Å². The van der Waals surface area contributed by atoms with E-state index < -0.39 is 0 Å². The Balaban J connectivity index is 2.11. The maximum absolute atomic E-state index is 13.9. The van der Waals surface area contributed by atoms with E-state index in [1.807, 2.05) is 0 Å². The largest absolute Gasteiger partial charge is 0.372 e. The van der Waals surface area contributed by atoms with Crippen molar-refractivity contribution in [1.82, 2.24) is 15.0 Å². The number of nitrogens with zero attached hydrogens (tertiary/aromatic N) is 3. The van der Waals surface area contributed by atoms with Crippen molar-refractivity contribution in [2.75, 3.05) is 6.61 Å². The maximum Gasteiger partial charge on any atom is 0.148 e. The summed E-state index contributed by atoms with van der Waals surface area (Å²) in [5, 5.41) is 8.07. The molecule has 0 saturated carbocycles. The second-order valence-corrected chi connectivity index (χ2v) is 4.49. The van der Waals surface area contributed by atoms with Crippen molar-refractivity contribution in [3.8, 4) is 5.69 Å². The van der Waals surface area contributed by atoms with E-state index in [2.05, 4.69) is 10.3 Å². The minimum absolute atomic E-state index is 0.104. The van der Waals surface area contributed by atoms with Gasteiger partial charge in [0, 0.05) is 13.2 Å². The van der Waals surface area contributed by atoms with Gasteiger partial charge in [-0.2, -0.15) is 0 Å². The second kappa shape index (κ2) is 5.07. The molecule has 1 atom stereocenters. The topological polar surface area (TPSA) is 66.0 Å². The Hall–Kier alpha value is -1.79. The van der Waals surface area contributed by atoms with E-state index >= 15 is 0 Å². The summed E-state index contributed by atoms with van der Waals surface area (Å²) in [5.74, 6) is -0.338. The fourth-order valence-corrected chi connectivity index (χ4v) is 2.38. The Morgan fingerprint density at radius 1 is 1.42 bits per heavy atom. The van der Waals surface area contributed by atoms with Gasteiger partial charge in [0.25, 0.3) is 0 Å². The Kier molecular flexibility index (Phi) is 3.27. The van der Waals surface area contributed by atoms with Crippen molar-refractivity contribution in [3.63, 3.8) is 0 Å². The number of para-hydroxylation sites is 1. The summed E-state index contributed by atoms with van der Waals surface area (Å²) in [7, 11) is 0. The van der Waals surface area contributed by atoms with Crippen molar-refractivity contribution in [3.05, 3.63) is 41.5 Å². The van der Waals surface area contributed by atoms with Crippen molar-refractivity contribution in [2.45, 2.75) is 25.5 Å². The van der Waals surface area contributed by atoms with Crippen molar-refractivity contribution in [2.24, 2.45) is 5.73 Å². The molecular formula is C13H15FN4O. The predicted molar refractivity (Wildman–Crippen MR) is 67.1 cm³/mol. The molecule has 2 N–H and O–H groups in total. The molecule has 1 aliphatic heterocycles. The van der Waals surface area contributed by atoms with Crippen LogP contribution in [0.15, 0.2) is 24.3 Å². The molecule has 0 spiro atoms. The molecule has 1 unspecified atom stereocenters. The zero-order valence-corrected chi connectivity index (χ0v) is 10.4. The SMILES string of the molecule is NCc1nnn(-c2ccccc2F)c1C1CCCO1. The molecule has 3 rings (SSSR count). The normalized spacial score (nSPS) is 18.9. The Bertz CT molecular complexity index is 578. The van der Waals surface area contributed by atoms with Gasteiger partial charge < -0.3 is 10.5 Å². The van der Waals surface area contributed by atoms with Crippen LogP contribution in [-0.2, 0) is 11.3 Å². The van der Waals surface area contributed by atoms with Crippen LogP contribution in [0.1, 0.15) is 30.3 Å². The quantitative estimate of drug-likeness (QED) is 0.914. The average Bonchev–Trinajstić information content (AvgIpc) is 3.07. The smallest absolute Gasteiger partial charge is 0.148 e. The second-order valence-electron chi connectivity index (χ2n) is 4.49. The van der Waals surface area contributed by atoms with Crippen LogP contribution >= 0.6 is 0 Å². The minimum atomic E-state index is -0.338. The summed E-state index contributed by atoms with van der Waals surface area (Å²) in [6.07, 6.45) is 1.76. The molecule has 1 aromatic carbocycles. The number of ether oxygens (including phenoxy) is 1. The molecule has 0 bridgehead atoms. The molecule has 1 saturated heterocycles. The number of benzene rings is 1. The molecule has 0 amide bonds. The van der Waals surface area contributed by atoms with Gasteiger partial charge in [0.2, 0.25) is 0 Å². The van der Waals surface area contributed by atoms with Crippen LogP contribution < -0.4 is 5.73 Å². The van der Waals surface area contributed by atoms with Crippen LogP contribution in [0.2, 0.25) is 0 Å². The van der Waals surface area contributed by atoms with Crippen LogP contribution in [0.3, 0.4) is 0 Å². The van der Waals surface area contributed by atoms with Gasteiger partial charge >= 0.3 is 0 Å². The van der Waals surface area contributed by atoms with E-state index in [0.717, 1.165) is 18.5 Å². The van der Waals surface area contributed by atoms with Gasteiger partial charge in [-0.25, -0.2) is 9.07 Å². The predicted octanol–water partition coefficient (Wildman–Crippen LogP) is 1.72. The molecule has 0 aliphatic carbocycles. The van der Waals surface area contributed by atoms with E-state index in [1.54, 1.807) is 18.2 Å². The number of nitrogens with two attached hydrogens (primary N) is 1.